The Bertz CT molecular complexity index is 640. The predicted molar refractivity (Wildman–Crippen MR) is 83.3 cm³/mol. The Morgan fingerprint density at radius 2 is 1.71 bits per heavy atom. The van der Waals surface area contributed by atoms with E-state index in [1.54, 1.807) is 14.2 Å². The average molecular weight is 305 g/mol. The lowest BCUT2D eigenvalue weighted by molar-refractivity contribution is -0.690. The van der Waals surface area contributed by atoms with Crippen LogP contribution in [0.15, 0.2) is 36.4 Å². The highest BCUT2D eigenvalue weighted by Crippen LogP contribution is 2.35. The molecule has 0 amide bonds. The van der Waals surface area contributed by atoms with Crippen molar-refractivity contribution in [3.05, 3.63) is 58.1 Å². The van der Waals surface area contributed by atoms with Crippen LogP contribution < -0.4 is 14.8 Å². The highest BCUT2D eigenvalue weighted by molar-refractivity contribution is 6.30. The van der Waals surface area contributed by atoms with Gasteiger partial charge < -0.3 is 14.8 Å². The number of fused-ring (bicyclic) bond motifs is 1. The van der Waals surface area contributed by atoms with Gasteiger partial charge in [-0.15, -0.1) is 0 Å². The first-order valence-corrected chi connectivity index (χ1v) is 7.44. The van der Waals surface area contributed by atoms with Crippen LogP contribution in [0.1, 0.15) is 22.7 Å². The van der Waals surface area contributed by atoms with Crippen LogP contribution in [0, 0.1) is 0 Å². The molecular formula is C17H19ClNO2+. The maximum Gasteiger partial charge on any atom is 0.161 e. The van der Waals surface area contributed by atoms with E-state index >= 15 is 0 Å². The van der Waals surface area contributed by atoms with Crippen LogP contribution in [0.25, 0.3) is 0 Å². The fourth-order valence-corrected chi connectivity index (χ4v) is 3.09. The molecule has 21 heavy (non-hydrogen) atoms. The van der Waals surface area contributed by atoms with Gasteiger partial charge in [0.1, 0.15) is 6.04 Å². The monoisotopic (exact) mass is 304 g/mol. The molecule has 1 aliphatic heterocycles. The summed E-state index contributed by atoms with van der Waals surface area (Å²) in [5, 5.41) is 3.12. The minimum absolute atomic E-state index is 0.283. The summed E-state index contributed by atoms with van der Waals surface area (Å²) in [6.45, 7) is 1.07. The summed E-state index contributed by atoms with van der Waals surface area (Å²) in [5.41, 5.74) is 3.88. The van der Waals surface area contributed by atoms with Gasteiger partial charge in [0.05, 0.1) is 20.8 Å². The first-order valence-electron chi connectivity index (χ1n) is 7.06. The second-order valence-corrected chi connectivity index (χ2v) is 5.65. The molecule has 4 heteroatoms. The summed E-state index contributed by atoms with van der Waals surface area (Å²) in [5.74, 6) is 1.58. The molecule has 0 aromatic heterocycles. The summed E-state index contributed by atoms with van der Waals surface area (Å²) >= 11 is 5.99. The fourth-order valence-electron chi connectivity index (χ4n) is 2.96. The number of benzene rings is 2. The first-order chi connectivity index (χ1) is 10.2. The van der Waals surface area contributed by atoms with E-state index in [4.69, 9.17) is 21.1 Å². The summed E-state index contributed by atoms with van der Waals surface area (Å²) in [7, 11) is 3.35. The number of hydrogen-bond acceptors (Lipinski definition) is 2. The number of quaternary nitrogens is 1. The van der Waals surface area contributed by atoms with E-state index in [0.29, 0.717) is 0 Å². The third kappa shape index (κ3) is 2.71. The molecule has 1 aliphatic rings. The van der Waals surface area contributed by atoms with Crippen LogP contribution in [-0.4, -0.2) is 20.8 Å². The van der Waals surface area contributed by atoms with Crippen LogP contribution in [-0.2, 0) is 6.42 Å². The van der Waals surface area contributed by atoms with Crippen molar-refractivity contribution in [1.29, 1.82) is 0 Å². The Balaban J connectivity index is 2.06. The molecular weight excluding hydrogens is 286 g/mol. The highest BCUT2D eigenvalue weighted by Gasteiger charge is 2.27. The molecule has 0 bridgehead atoms. The predicted octanol–water partition coefficient (Wildman–Crippen LogP) is 2.57. The molecule has 3 nitrogen and oxygen atoms in total. The Morgan fingerprint density at radius 3 is 2.38 bits per heavy atom. The van der Waals surface area contributed by atoms with Crippen molar-refractivity contribution in [2.75, 3.05) is 20.8 Å². The molecule has 0 saturated heterocycles. The second kappa shape index (κ2) is 5.96. The molecule has 0 fully saturated rings. The third-order valence-electron chi connectivity index (χ3n) is 4.03. The van der Waals surface area contributed by atoms with Crippen molar-refractivity contribution in [3.8, 4) is 11.5 Å². The first kappa shape index (κ1) is 14.2. The van der Waals surface area contributed by atoms with E-state index in [-0.39, 0.29) is 6.04 Å². The maximum atomic E-state index is 5.99. The molecule has 0 aliphatic carbocycles. The molecule has 110 valence electrons. The zero-order chi connectivity index (χ0) is 14.8. The fraction of sp³-hybridized carbons (Fsp3) is 0.294. The molecule has 1 heterocycles. The van der Waals surface area contributed by atoms with Crippen molar-refractivity contribution >= 4 is 11.6 Å². The van der Waals surface area contributed by atoms with Gasteiger partial charge in [-0.1, -0.05) is 23.7 Å². The van der Waals surface area contributed by atoms with E-state index in [0.717, 1.165) is 29.5 Å². The number of methoxy groups -OCH3 is 2. The van der Waals surface area contributed by atoms with Crippen LogP contribution in [0.5, 0.6) is 11.5 Å². The normalized spacial score (nSPS) is 17.2. The van der Waals surface area contributed by atoms with Crippen molar-refractivity contribution in [2.24, 2.45) is 0 Å². The number of rotatable bonds is 3. The number of halogens is 1. The summed E-state index contributed by atoms with van der Waals surface area (Å²) in [6, 6.07) is 12.6. The molecule has 2 aromatic rings. The standard InChI is InChI=1S/C17H18ClNO2/c1-20-15-9-12-7-8-19-17(14(12)10-16(15)21-2)11-3-5-13(18)6-4-11/h3-6,9-10,17,19H,7-8H2,1-2H3/p+1. The van der Waals surface area contributed by atoms with Gasteiger partial charge in [-0.3, -0.25) is 0 Å². The van der Waals surface area contributed by atoms with E-state index in [1.807, 2.05) is 12.1 Å². The maximum absolute atomic E-state index is 5.99. The summed E-state index contributed by atoms with van der Waals surface area (Å²) in [6.07, 6.45) is 1.04. The topological polar surface area (TPSA) is 35.1 Å². The largest absolute Gasteiger partial charge is 0.493 e. The van der Waals surface area contributed by atoms with Gasteiger partial charge in [-0.25, -0.2) is 0 Å². The van der Waals surface area contributed by atoms with Crippen molar-refractivity contribution in [2.45, 2.75) is 12.5 Å². The van der Waals surface area contributed by atoms with Gasteiger partial charge in [0, 0.05) is 22.6 Å². The van der Waals surface area contributed by atoms with E-state index in [1.165, 1.54) is 16.7 Å². The number of nitrogens with two attached hydrogens (primary N) is 1. The molecule has 1 atom stereocenters. The zero-order valence-corrected chi connectivity index (χ0v) is 13.0. The lowest BCUT2D eigenvalue weighted by atomic mass is 9.89. The molecule has 2 aromatic carbocycles. The Morgan fingerprint density at radius 1 is 1.05 bits per heavy atom. The van der Waals surface area contributed by atoms with Crippen molar-refractivity contribution in [1.82, 2.24) is 0 Å². The van der Waals surface area contributed by atoms with Crippen LogP contribution in [0.2, 0.25) is 5.02 Å². The van der Waals surface area contributed by atoms with E-state index in [9.17, 15) is 0 Å². The lowest BCUT2D eigenvalue weighted by Gasteiger charge is -2.25. The number of ether oxygens (including phenoxy) is 2. The molecule has 0 saturated carbocycles. The van der Waals surface area contributed by atoms with E-state index in [2.05, 4.69) is 29.6 Å². The molecule has 3 rings (SSSR count). The smallest absolute Gasteiger partial charge is 0.161 e. The molecule has 2 N–H and O–H groups in total. The summed E-state index contributed by atoms with van der Waals surface area (Å²) < 4.78 is 10.9. The zero-order valence-electron chi connectivity index (χ0n) is 12.2. The van der Waals surface area contributed by atoms with Gasteiger partial charge in [-0.2, -0.15) is 0 Å². The van der Waals surface area contributed by atoms with Crippen LogP contribution in [0.3, 0.4) is 0 Å². The lowest BCUT2D eigenvalue weighted by Crippen LogP contribution is -2.87. The Kier molecular flexibility index (Phi) is 4.04. The van der Waals surface area contributed by atoms with Crippen molar-refractivity contribution in [3.63, 3.8) is 0 Å². The van der Waals surface area contributed by atoms with Gasteiger partial charge in [0.2, 0.25) is 0 Å². The van der Waals surface area contributed by atoms with Gasteiger partial charge in [0.15, 0.2) is 11.5 Å². The molecule has 0 radical (unpaired) electrons. The second-order valence-electron chi connectivity index (χ2n) is 5.21. The summed E-state index contributed by atoms with van der Waals surface area (Å²) in [4.78, 5) is 0. The van der Waals surface area contributed by atoms with Gasteiger partial charge in [0.25, 0.3) is 0 Å². The minimum atomic E-state index is 0.283. The Hall–Kier alpha value is -1.71. The number of hydrogen-bond donors (Lipinski definition) is 1. The SMILES string of the molecule is COc1cc2c(cc1OC)C(c1ccc(Cl)cc1)[NH2+]CC2. The van der Waals surface area contributed by atoms with Crippen molar-refractivity contribution < 1.29 is 14.8 Å². The molecule has 0 spiro atoms. The highest BCUT2D eigenvalue weighted by atomic mass is 35.5. The quantitative estimate of drug-likeness (QED) is 0.946. The van der Waals surface area contributed by atoms with Crippen LogP contribution in [0.4, 0.5) is 0 Å². The van der Waals surface area contributed by atoms with Gasteiger partial charge in [-0.05, 0) is 29.8 Å². The average Bonchev–Trinajstić information content (AvgIpc) is 2.53. The third-order valence-corrected chi connectivity index (χ3v) is 4.28. The van der Waals surface area contributed by atoms with Gasteiger partial charge >= 0.3 is 0 Å². The van der Waals surface area contributed by atoms with E-state index < -0.39 is 0 Å². The minimum Gasteiger partial charge on any atom is -0.493 e. The molecule has 1 unspecified atom stereocenters. The Labute approximate surface area is 129 Å². The van der Waals surface area contributed by atoms with Crippen LogP contribution >= 0.6 is 11.6 Å².